The molecule has 0 aliphatic rings. The third kappa shape index (κ3) is 12.0. The normalized spacial score (nSPS) is 12.2. The van der Waals surface area contributed by atoms with Gasteiger partial charge in [-0.15, -0.1) is 0 Å². The molecule has 19 heavy (non-hydrogen) atoms. The van der Waals surface area contributed by atoms with Crippen LogP contribution in [-0.2, 0) is 4.79 Å². The highest BCUT2D eigenvalue weighted by atomic mass is 19.4. The molecule has 0 atom stereocenters. The monoisotopic (exact) mass is 283 g/mol. The summed E-state index contributed by atoms with van der Waals surface area (Å²) in [4.78, 5) is 13.3. The van der Waals surface area contributed by atoms with Crippen LogP contribution in [0, 0.1) is 0 Å². The molecule has 0 fully saturated rings. The van der Waals surface area contributed by atoms with Gasteiger partial charge in [0, 0.05) is 6.04 Å². The van der Waals surface area contributed by atoms with E-state index in [1.54, 1.807) is 0 Å². The van der Waals surface area contributed by atoms with Gasteiger partial charge in [-0.2, -0.15) is 13.2 Å². The van der Waals surface area contributed by atoms with Crippen LogP contribution in [0.15, 0.2) is 0 Å². The maximum absolute atomic E-state index is 11.8. The molecule has 0 saturated carbocycles. The maximum Gasteiger partial charge on any atom is 0.405 e. The van der Waals surface area contributed by atoms with Crippen molar-refractivity contribution in [1.29, 1.82) is 0 Å². The standard InChI is InChI=1S/C12H24F3N3O/c1-10(2)18(3)7-5-4-6-16-8-11(19)17-9-12(13,14)15/h10,16H,4-9H2,1-3H3,(H,17,19). The van der Waals surface area contributed by atoms with Crippen LogP contribution in [0.2, 0.25) is 0 Å². The van der Waals surface area contributed by atoms with E-state index in [2.05, 4.69) is 24.1 Å². The second kappa shape index (κ2) is 9.14. The molecule has 1 amide bonds. The van der Waals surface area contributed by atoms with E-state index in [-0.39, 0.29) is 6.54 Å². The highest BCUT2D eigenvalue weighted by molar-refractivity contribution is 5.77. The summed E-state index contributed by atoms with van der Waals surface area (Å²) in [5, 5.41) is 4.64. The number of rotatable bonds is 9. The van der Waals surface area contributed by atoms with Crippen molar-refractivity contribution in [2.75, 3.05) is 33.2 Å². The van der Waals surface area contributed by atoms with E-state index in [4.69, 9.17) is 0 Å². The molecule has 0 aromatic heterocycles. The van der Waals surface area contributed by atoms with E-state index in [9.17, 15) is 18.0 Å². The topological polar surface area (TPSA) is 44.4 Å². The number of hydrogen-bond donors (Lipinski definition) is 2. The zero-order chi connectivity index (χ0) is 14.9. The minimum absolute atomic E-state index is 0.0733. The Hall–Kier alpha value is -0.820. The molecule has 2 N–H and O–H groups in total. The highest BCUT2D eigenvalue weighted by Crippen LogP contribution is 2.11. The van der Waals surface area contributed by atoms with E-state index < -0.39 is 18.6 Å². The number of alkyl halides is 3. The van der Waals surface area contributed by atoms with Gasteiger partial charge in [0.25, 0.3) is 0 Å². The number of unbranched alkanes of at least 4 members (excludes halogenated alkanes) is 1. The lowest BCUT2D eigenvalue weighted by Gasteiger charge is -2.20. The molecule has 114 valence electrons. The fourth-order valence-corrected chi connectivity index (χ4v) is 1.33. The van der Waals surface area contributed by atoms with Crippen molar-refractivity contribution >= 4 is 5.91 Å². The molecular formula is C12H24F3N3O. The minimum Gasteiger partial charge on any atom is -0.346 e. The van der Waals surface area contributed by atoms with Crippen LogP contribution < -0.4 is 10.6 Å². The van der Waals surface area contributed by atoms with Gasteiger partial charge in [0.05, 0.1) is 6.54 Å². The molecule has 0 rings (SSSR count). The van der Waals surface area contributed by atoms with Gasteiger partial charge in [0.15, 0.2) is 0 Å². The lowest BCUT2D eigenvalue weighted by molar-refractivity contribution is -0.137. The van der Waals surface area contributed by atoms with Crippen LogP contribution in [-0.4, -0.2) is 56.3 Å². The number of carbonyl (C=O) groups excluding carboxylic acids is 1. The number of carbonyl (C=O) groups is 1. The first-order valence-corrected chi connectivity index (χ1v) is 6.47. The highest BCUT2D eigenvalue weighted by Gasteiger charge is 2.27. The Morgan fingerprint density at radius 1 is 1.26 bits per heavy atom. The molecule has 0 bridgehead atoms. The Balaban J connectivity index is 3.42. The predicted octanol–water partition coefficient (Wildman–Crippen LogP) is 1.37. The first-order valence-electron chi connectivity index (χ1n) is 6.47. The lowest BCUT2D eigenvalue weighted by Crippen LogP contribution is -2.39. The van der Waals surface area contributed by atoms with Crippen LogP contribution in [0.3, 0.4) is 0 Å². The van der Waals surface area contributed by atoms with Gasteiger partial charge < -0.3 is 15.5 Å². The largest absolute Gasteiger partial charge is 0.405 e. The molecule has 0 spiro atoms. The molecular weight excluding hydrogens is 259 g/mol. The Morgan fingerprint density at radius 3 is 2.42 bits per heavy atom. The van der Waals surface area contributed by atoms with Gasteiger partial charge in [-0.05, 0) is 46.8 Å². The Kier molecular flexibility index (Phi) is 8.75. The SMILES string of the molecule is CC(C)N(C)CCCCNCC(=O)NCC(F)(F)F. The van der Waals surface area contributed by atoms with Crippen LogP contribution in [0.4, 0.5) is 13.2 Å². The molecule has 4 nitrogen and oxygen atoms in total. The average Bonchev–Trinajstić information content (AvgIpc) is 2.29. The van der Waals surface area contributed by atoms with Gasteiger partial charge in [-0.3, -0.25) is 4.79 Å². The summed E-state index contributed by atoms with van der Waals surface area (Å²) >= 11 is 0. The van der Waals surface area contributed by atoms with Crippen molar-refractivity contribution in [2.45, 2.75) is 38.9 Å². The lowest BCUT2D eigenvalue weighted by atomic mass is 10.2. The van der Waals surface area contributed by atoms with E-state index >= 15 is 0 Å². The van der Waals surface area contributed by atoms with E-state index in [0.717, 1.165) is 19.4 Å². The second-order valence-corrected chi connectivity index (χ2v) is 4.85. The summed E-state index contributed by atoms with van der Waals surface area (Å²) in [6.07, 6.45) is -2.47. The first-order chi connectivity index (χ1) is 8.72. The number of halogens is 3. The van der Waals surface area contributed by atoms with Gasteiger partial charge in [0.2, 0.25) is 5.91 Å². The number of hydrogen-bond acceptors (Lipinski definition) is 3. The van der Waals surface area contributed by atoms with Crippen molar-refractivity contribution in [2.24, 2.45) is 0 Å². The third-order valence-electron chi connectivity index (χ3n) is 2.77. The van der Waals surface area contributed by atoms with Crippen LogP contribution in [0.1, 0.15) is 26.7 Å². The molecule has 0 aliphatic heterocycles. The fourth-order valence-electron chi connectivity index (χ4n) is 1.33. The van der Waals surface area contributed by atoms with Gasteiger partial charge >= 0.3 is 6.18 Å². The average molecular weight is 283 g/mol. The molecule has 0 radical (unpaired) electrons. The second-order valence-electron chi connectivity index (χ2n) is 4.85. The van der Waals surface area contributed by atoms with Crippen LogP contribution in [0.25, 0.3) is 0 Å². The van der Waals surface area contributed by atoms with E-state index in [1.807, 2.05) is 12.4 Å². The van der Waals surface area contributed by atoms with Crippen molar-refractivity contribution in [1.82, 2.24) is 15.5 Å². The summed E-state index contributed by atoms with van der Waals surface area (Å²) in [7, 11) is 2.04. The maximum atomic E-state index is 11.8. The molecule has 0 aromatic carbocycles. The summed E-state index contributed by atoms with van der Waals surface area (Å²) in [6, 6.07) is 0.501. The zero-order valence-corrected chi connectivity index (χ0v) is 11.8. The molecule has 7 heteroatoms. The van der Waals surface area contributed by atoms with Gasteiger partial charge in [-0.1, -0.05) is 0 Å². The molecule has 0 heterocycles. The van der Waals surface area contributed by atoms with Crippen molar-refractivity contribution in [3.8, 4) is 0 Å². The number of nitrogens with zero attached hydrogens (tertiary/aromatic N) is 1. The Morgan fingerprint density at radius 2 is 1.89 bits per heavy atom. The van der Waals surface area contributed by atoms with Crippen LogP contribution >= 0.6 is 0 Å². The fraction of sp³-hybridized carbons (Fsp3) is 0.917. The molecule has 0 saturated heterocycles. The van der Waals surface area contributed by atoms with Crippen LogP contribution in [0.5, 0.6) is 0 Å². The summed E-state index contributed by atoms with van der Waals surface area (Å²) in [6.45, 7) is 4.49. The van der Waals surface area contributed by atoms with Crippen molar-refractivity contribution < 1.29 is 18.0 Å². The van der Waals surface area contributed by atoms with Gasteiger partial charge in [0.1, 0.15) is 6.54 Å². The molecule has 0 aliphatic carbocycles. The Labute approximate surface area is 112 Å². The van der Waals surface area contributed by atoms with E-state index in [0.29, 0.717) is 12.6 Å². The summed E-state index contributed by atoms with van der Waals surface area (Å²) in [5.41, 5.74) is 0. The van der Waals surface area contributed by atoms with Crippen molar-refractivity contribution in [3.05, 3.63) is 0 Å². The first kappa shape index (κ1) is 18.2. The zero-order valence-electron chi connectivity index (χ0n) is 11.8. The number of nitrogens with one attached hydrogen (secondary N) is 2. The smallest absolute Gasteiger partial charge is 0.346 e. The summed E-state index contributed by atoms with van der Waals surface area (Å²) < 4.78 is 35.4. The number of amides is 1. The van der Waals surface area contributed by atoms with Crippen molar-refractivity contribution in [3.63, 3.8) is 0 Å². The third-order valence-corrected chi connectivity index (χ3v) is 2.77. The van der Waals surface area contributed by atoms with Gasteiger partial charge in [-0.25, -0.2) is 0 Å². The van der Waals surface area contributed by atoms with E-state index in [1.165, 1.54) is 0 Å². The minimum atomic E-state index is -4.35. The predicted molar refractivity (Wildman–Crippen MR) is 68.9 cm³/mol. The molecule has 0 unspecified atom stereocenters. The Bertz CT molecular complexity index is 257. The summed E-state index contributed by atoms with van der Waals surface area (Å²) in [5.74, 6) is -0.628. The quantitative estimate of drug-likeness (QED) is 0.628. The molecule has 0 aromatic rings.